The number of ketones is 1. The van der Waals surface area contributed by atoms with Crippen LogP contribution in [0.5, 0.6) is 0 Å². The second-order valence-electron chi connectivity index (χ2n) is 9.98. The standard InChI is InChI=1S/C24H32N2O3/c1-24(2)14-20-18(21(27)15-24)13-19(22(28)25-20)23(29)26-10-8-17(9-11-26)12-16-6-4-3-5-7-16/h3-7,17-20H,8-15H2,1-2H3,(H,25,28). The first-order valence-electron chi connectivity index (χ1n) is 11.0. The van der Waals surface area contributed by atoms with Crippen LogP contribution in [0.15, 0.2) is 30.3 Å². The lowest BCUT2D eigenvalue weighted by Gasteiger charge is -2.44. The van der Waals surface area contributed by atoms with Crippen LogP contribution < -0.4 is 5.32 Å². The van der Waals surface area contributed by atoms with E-state index in [0.717, 1.165) is 25.7 Å². The summed E-state index contributed by atoms with van der Waals surface area (Å²) < 4.78 is 0. The van der Waals surface area contributed by atoms with Gasteiger partial charge in [0.15, 0.2) is 0 Å². The van der Waals surface area contributed by atoms with Crippen LogP contribution in [-0.4, -0.2) is 41.6 Å². The molecule has 2 saturated heterocycles. The summed E-state index contributed by atoms with van der Waals surface area (Å²) in [5.74, 6) is -0.402. The highest BCUT2D eigenvalue weighted by atomic mass is 16.2. The second kappa shape index (κ2) is 7.92. The summed E-state index contributed by atoms with van der Waals surface area (Å²) in [6.45, 7) is 5.55. The van der Waals surface area contributed by atoms with E-state index in [4.69, 9.17) is 0 Å². The van der Waals surface area contributed by atoms with Gasteiger partial charge in [-0.3, -0.25) is 14.4 Å². The number of Topliss-reactive ketones (excluding diaryl/α,β-unsaturated/α-hetero) is 1. The quantitative estimate of drug-likeness (QED) is 0.799. The minimum Gasteiger partial charge on any atom is -0.352 e. The molecule has 3 atom stereocenters. The van der Waals surface area contributed by atoms with E-state index in [1.807, 2.05) is 11.0 Å². The molecule has 1 aliphatic carbocycles. The summed E-state index contributed by atoms with van der Waals surface area (Å²) in [5, 5.41) is 3.01. The first-order valence-corrected chi connectivity index (χ1v) is 11.0. The molecule has 29 heavy (non-hydrogen) atoms. The molecule has 1 N–H and O–H groups in total. The largest absolute Gasteiger partial charge is 0.352 e. The fraction of sp³-hybridized carbons (Fsp3) is 0.625. The highest BCUT2D eigenvalue weighted by Gasteiger charge is 2.48. The van der Waals surface area contributed by atoms with Gasteiger partial charge in [0.2, 0.25) is 11.8 Å². The van der Waals surface area contributed by atoms with Gasteiger partial charge in [-0.1, -0.05) is 44.2 Å². The van der Waals surface area contributed by atoms with Crippen molar-refractivity contribution < 1.29 is 14.4 Å². The molecule has 5 nitrogen and oxygen atoms in total. The summed E-state index contributed by atoms with van der Waals surface area (Å²) in [5.41, 5.74) is 1.26. The molecule has 0 aromatic heterocycles. The Morgan fingerprint density at radius 3 is 2.52 bits per heavy atom. The number of nitrogens with zero attached hydrogens (tertiary/aromatic N) is 1. The van der Waals surface area contributed by atoms with Gasteiger partial charge in [-0.25, -0.2) is 0 Å². The molecule has 1 aromatic rings. The number of carbonyl (C=O) groups is 3. The van der Waals surface area contributed by atoms with Crippen LogP contribution in [0.1, 0.15) is 51.5 Å². The first-order chi connectivity index (χ1) is 13.8. The number of hydrogen-bond donors (Lipinski definition) is 1. The Morgan fingerprint density at radius 2 is 1.83 bits per heavy atom. The average Bonchev–Trinajstić information content (AvgIpc) is 2.67. The van der Waals surface area contributed by atoms with Gasteiger partial charge in [0.1, 0.15) is 11.7 Å². The molecule has 0 bridgehead atoms. The van der Waals surface area contributed by atoms with Gasteiger partial charge in [-0.15, -0.1) is 0 Å². The van der Waals surface area contributed by atoms with Crippen molar-refractivity contribution in [3.8, 4) is 0 Å². The SMILES string of the molecule is CC1(C)CC(=O)C2CC(C(=O)N3CCC(Cc4ccccc4)CC3)C(=O)NC2C1. The van der Waals surface area contributed by atoms with Crippen molar-refractivity contribution in [3.05, 3.63) is 35.9 Å². The fourth-order valence-electron chi connectivity index (χ4n) is 5.47. The summed E-state index contributed by atoms with van der Waals surface area (Å²) in [7, 11) is 0. The van der Waals surface area contributed by atoms with Crippen molar-refractivity contribution in [3.63, 3.8) is 0 Å². The Balaban J connectivity index is 1.34. The maximum absolute atomic E-state index is 13.1. The van der Waals surface area contributed by atoms with Gasteiger partial charge in [0, 0.05) is 31.5 Å². The normalized spacial score (nSPS) is 29.9. The lowest BCUT2D eigenvalue weighted by atomic mass is 9.65. The minimum absolute atomic E-state index is 0.0803. The average molecular weight is 397 g/mol. The molecule has 2 heterocycles. The number of amides is 2. The predicted octanol–water partition coefficient (Wildman–Crippen LogP) is 2.98. The third kappa shape index (κ3) is 4.39. The van der Waals surface area contributed by atoms with Crippen LogP contribution in [0, 0.1) is 23.2 Å². The van der Waals surface area contributed by atoms with E-state index in [-0.39, 0.29) is 35.0 Å². The van der Waals surface area contributed by atoms with Crippen molar-refractivity contribution in [2.75, 3.05) is 13.1 Å². The highest BCUT2D eigenvalue weighted by Crippen LogP contribution is 2.41. The molecule has 3 fully saturated rings. The molecule has 3 unspecified atom stereocenters. The predicted molar refractivity (Wildman–Crippen MR) is 111 cm³/mol. The van der Waals surface area contributed by atoms with E-state index >= 15 is 0 Å². The van der Waals surface area contributed by atoms with E-state index in [2.05, 4.69) is 43.4 Å². The van der Waals surface area contributed by atoms with E-state index < -0.39 is 5.92 Å². The van der Waals surface area contributed by atoms with Crippen molar-refractivity contribution in [2.45, 2.75) is 58.4 Å². The lowest BCUT2D eigenvalue weighted by molar-refractivity contribution is -0.149. The van der Waals surface area contributed by atoms with E-state index in [1.165, 1.54) is 5.56 Å². The number of piperidine rings is 2. The van der Waals surface area contributed by atoms with E-state index in [1.54, 1.807) is 0 Å². The molecule has 2 aliphatic heterocycles. The lowest BCUT2D eigenvalue weighted by Crippen LogP contribution is -2.59. The van der Waals surface area contributed by atoms with Gasteiger partial charge >= 0.3 is 0 Å². The number of nitrogens with one attached hydrogen (secondary N) is 1. The minimum atomic E-state index is -0.702. The Hall–Kier alpha value is -2.17. The third-order valence-corrected chi connectivity index (χ3v) is 7.05. The van der Waals surface area contributed by atoms with Crippen molar-refractivity contribution in [2.24, 2.45) is 23.2 Å². The molecule has 1 saturated carbocycles. The summed E-state index contributed by atoms with van der Waals surface area (Å²) in [6, 6.07) is 10.4. The number of fused-ring (bicyclic) bond motifs is 1. The molecule has 3 aliphatic rings. The number of benzene rings is 1. The van der Waals surface area contributed by atoms with Crippen LogP contribution >= 0.6 is 0 Å². The van der Waals surface area contributed by atoms with Crippen LogP contribution in [-0.2, 0) is 20.8 Å². The molecule has 1 aromatic carbocycles. The Morgan fingerprint density at radius 1 is 1.14 bits per heavy atom. The zero-order valence-corrected chi connectivity index (χ0v) is 17.5. The Bertz CT molecular complexity index is 781. The van der Waals surface area contributed by atoms with Gasteiger partial charge in [-0.05, 0) is 49.0 Å². The molecule has 2 amide bonds. The van der Waals surface area contributed by atoms with Crippen molar-refractivity contribution in [1.82, 2.24) is 10.2 Å². The molecule has 0 spiro atoms. The third-order valence-electron chi connectivity index (χ3n) is 7.05. The molecular weight excluding hydrogens is 364 g/mol. The van der Waals surface area contributed by atoms with Gasteiger partial charge < -0.3 is 10.2 Å². The summed E-state index contributed by atoms with van der Waals surface area (Å²) in [6.07, 6.45) is 4.70. The summed E-state index contributed by atoms with van der Waals surface area (Å²) >= 11 is 0. The number of carbonyl (C=O) groups excluding carboxylic acids is 3. The van der Waals surface area contributed by atoms with Gasteiger partial charge in [0.05, 0.1) is 0 Å². The van der Waals surface area contributed by atoms with Crippen molar-refractivity contribution >= 4 is 17.6 Å². The molecule has 4 rings (SSSR count). The maximum atomic E-state index is 13.1. The molecular formula is C24H32N2O3. The monoisotopic (exact) mass is 396 g/mol. The second-order valence-corrected chi connectivity index (χ2v) is 9.98. The Labute approximate surface area is 173 Å². The van der Waals surface area contributed by atoms with Crippen LogP contribution in [0.3, 0.4) is 0 Å². The fourth-order valence-corrected chi connectivity index (χ4v) is 5.47. The van der Waals surface area contributed by atoms with Crippen LogP contribution in [0.2, 0.25) is 0 Å². The van der Waals surface area contributed by atoms with E-state index in [9.17, 15) is 14.4 Å². The first kappa shape index (κ1) is 20.1. The van der Waals surface area contributed by atoms with Gasteiger partial charge in [0.25, 0.3) is 0 Å². The zero-order valence-electron chi connectivity index (χ0n) is 17.5. The van der Waals surface area contributed by atoms with Crippen LogP contribution in [0.25, 0.3) is 0 Å². The maximum Gasteiger partial charge on any atom is 0.235 e. The molecule has 0 radical (unpaired) electrons. The Kier molecular flexibility index (Phi) is 5.50. The smallest absolute Gasteiger partial charge is 0.235 e. The van der Waals surface area contributed by atoms with Gasteiger partial charge in [-0.2, -0.15) is 0 Å². The number of hydrogen-bond acceptors (Lipinski definition) is 3. The topological polar surface area (TPSA) is 66.5 Å². The zero-order chi connectivity index (χ0) is 20.6. The highest BCUT2D eigenvalue weighted by molar-refractivity contribution is 6.02. The molecule has 156 valence electrons. The molecule has 5 heteroatoms. The number of rotatable bonds is 3. The van der Waals surface area contributed by atoms with E-state index in [0.29, 0.717) is 31.8 Å². The van der Waals surface area contributed by atoms with Crippen molar-refractivity contribution in [1.29, 1.82) is 0 Å². The summed E-state index contributed by atoms with van der Waals surface area (Å²) in [4.78, 5) is 40.3. The van der Waals surface area contributed by atoms with Crippen LogP contribution in [0.4, 0.5) is 0 Å². The number of likely N-dealkylation sites (tertiary alicyclic amines) is 1.